The van der Waals surface area contributed by atoms with Gasteiger partial charge in [0.15, 0.2) is 0 Å². The maximum Gasteiger partial charge on any atom is 0.222 e. The van der Waals surface area contributed by atoms with E-state index in [0.29, 0.717) is 12.4 Å². The monoisotopic (exact) mass is 335 g/mol. The number of benzene rings is 2. The van der Waals surface area contributed by atoms with Crippen LogP contribution in [0, 0.1) is 0 Å². The second-order valence-electron chi connectivity index (χ2n) is 6.09. The van der Waals surface area contributed by atoms with Gasteiger partial charge in [-0.15, -0.1) is 0 Å². The van der Waals surface area contributed by atoms with E-state index in [9.17, 15) is 4.79 Å². The minimum Gasteiger partial charge on any atom is -0.489 e. The third-order valence-electron chi connectivity index (χ3n) is 3.80. The average molecular weight is 335 g/mol. The van der Waals surface area contributed by atoms with E-state index in [1.165, 1.54) is 6.92 Å². The first-order chi connectivity index (χ1) is 12.0. The van der Waals surface area contributed by atoms with Crippen LogP contribution in [0.15, 0.2) is 54.6 Å². The summed E-state index contributed by atoms with van der Waals surface area (Å²) in [5, 5.41) is 3.71. The molecular formula is C20H21N3O2. The number of hydrogen-bond donors (Lipinski definition) is 1. The molecule has 0 spiro atoms. The molecule has 0 radical (unpaired) electrons. The molecule has 1 aromatic heterocycles. The lowest BCUT2D eigenvalue weighted by Gasteiger charge is -2.14. The van der Waals surface area contributed by atoms with Crippen molar-refractivity contribution in [2.45, 2.75) is 13.5 Å². The van der Waals surface area contributed by atoms with Crippen molar-refractivity contribution in [3.63, 3.8) is 0 Å². The van der Waals surface area contributed by atoms with Crippen LogP contribution in [0.4, 0.5) is 11.5 Å². The van der Waals surface area contributed by atoms with Crippen LogP contribution < -0.4 is 15.0 Å². The van der Waals surface area contributed by atoms with Gasteiger partial charge >= 0.3 is 0 Å². The number of carbonyl (C=O) groups excluding carboxylic acids is 1. The topological polar surface area (TPSA) is 54.5 Å². The van der Waals surface area contributed by atoms with Crippen molar-refractivity contribution in [3.8, 4) is 5.75 Å². The van der Waals surface area contributed by atoms with Gasteiger partial charge in [-0.2, -0.15) is 0 Å². The summed E-state index contributed by atoms with van der Waals surface area (Å²) in [6, 6.07) is 17.7. The molecule has 2 aromatic carbocycles. The molecule has 3 aromatic rings. The summed E-state index contributed by atoms with van der Waals surface area (Å²) >= 11 is 0. The first-order valence-corrected chi connectivity index (χ1v) is 8.09. The Kier molecular flexibility index (Phi) is 4.84. The Labute approximate surface area is 147 Å². The smallest absolute Gasteiger partial charge is 0.222 e. The minimum absolute atomic E-state index is 0.128. The number of nitrogens with zero attached hydrogens (tertiary/aromatic N) is 2. The number of rotatable bonds is 5. The van der Waals surface area contributed by atoms with Crippen molar-refractivity contribution >= 4 is 28.3 Å². The summed E-state index contributed by atoms with van der Waals surface area (Å²) in [4.78, 5) is 17.6. The van der Waals surface area contributed by atoms with Crippen LogP contribution in [0.25, 0.3) is 10.9 Å². The number of ether oxygens (including phenoxy) is 1. The molecule has 0 aliphatic carbocycles. The molecule has 0 atom stereocenters. The summed E-state index contributed by atoms with van der Waals surface area (Å²) in [6.07, 6.45) is 0. The second-order valence-corrected chi connectivity index (χ2v) is 6.09. The van der Waals surface area contributed by atoms with Crippen molar-refractivity contribution < 1.29 is 9.53 Å². The Morgan fingerprint density at radius 3 is 2.72 bits per heavy atom. The molecule has 0 aliphatic heterocycles. The highest BCUT2D eigenvalue weighted by Crippen LogP contribution is 2.22. The first-order valence-electron chi connectivity index (χ1n) is 8.09. The summed E-state index contributed by atoms with van der Waals surface area (Å²) < 4.78 is 5.90. The van der Waals surface area contributed by atoms with Gasteiger partial charge in [0.1, 0.15) is 18.2 Å². The summed E-state index contributed by atoms with van der Waals surface area (Å²) in [7, 11) is 4.01. The quantitative estimate of drug-likeness (QED) is 0.770. The van der Waals surface area contributed by atoms with E-state index in [4.69, 9.17) is 4.74 Å². The highest BCUT2D eigenvalue weighted by Gasteiger charge is 2.03. The van der Waals surface area contributed by atoms with Gasteiger partial charge in [-0.3, -0.25) is 4.79 Å². The van der Waals surface area contributed by atoms with Crippen molar-refractivity contribution in [2.75, 3.05) is 24.3 Å². The Morgan fingerprint density at radius 2 is 1.96 bits per heavy atom. The van der Waals surface area contributed by atoms with E-state index in [-0.39, 0.29) is 5.91 Å². The molecular weight excluding hydrogens is 314 g/mol. The standard InChI is InChI=1S/C20H21N3O2/c1-14(24)21-20-10-8-16-11-15(7-9-19(16)22-20)13-25-18-6-4-5-17(12-18)23(2)3/h4-12H,13H2,1-3H3,(H,21,22,24). The fourth-order valence-electron chi connectivity index (χ4n) is 2.53. The predicted molar refractivity (Wildman–Crippen MR) is 101 cm³/mol. The van der Waals surface area contributed by atoms with E-state index in [1.54, 1.807) is 6.07 Å². The van der Waals surface area contributed by atoms with E-state index in [0.717, 1.165) is 27.9 Å². The molecule has 5 heteroatoms. The van der Waals surface area contributed by atoms with Crippen molar-refractivity contribution in [2.24, 2.45) is 0 Å². The van der Waals surface area contributed by atoms with E-state index in [2.05, 4.69) is 16.4 Å². The SMILES string of the molecule is CC(=O)Nc1ccc2cc(COc3cccc(N(C)C)c3)ccc2n1. The Bertz CT molecular complexity index is 906. The third kappa shape index (κ3) is 4.26. The van der Waals surface area contributed by atoms with Crippen molar-refractivity contribution in [1.82, 2.24) is 4.98 Å². The molecule has 128 valence electrons. The number of pyridine rings is 1. The maximum atomic E-state index is 11.1. The minimum atomic E-state index is -0.128. The lowest BCUT2D eigenvalue weighted by molar-refractivity contribution is -0.114. The molecule has 1 heterocycles. The zero-order valence-corrected chi connectivity index (χ0v) is 14.6. The van der Waals surface area contributed by atoms with Gasteiger partial charge in [0.25, 0.3) is 0 Å². The molecule has 1 amide bonds. The van der Waals surface area contributed by atoms with Gasteiger partial charge in [0, 0.05) is 38.2 Å². The largest absolute Gasteiger partial charge is 0.489 e. The normalized spacial score (nSPS) is 10.5. The van der Waals surface area contributed by atoms with Crippen LogP contribution in [0.3, 0.4) is 0 Å². The van der Waals surface area contributed by atoms with Gasteiger partial charge < -0.3 is 15.0 Å². The molecule has 1 N–H and O–H groups in total. The molecule has 0 saturated heterocycles. The molecule has 0 aliphatic rings. The third-order valence-corrected chi connectivity index (χ3v) is 3.80. The van der Waals surface area contributed by atoms with Crippen LogP contribution >= 0.6 is 0 Å². The Morgan fingerprint density at radius 1 is 1.12 bits per heavy atom. The number of nitrogens with one attached hydrogen (secondary N) is 1. The average Bonchev–Trinajstić information content (AvgIpc) is 2.59. The fraction of sp³-hybridized carbons (Fsp3) is 0.200. The lowest BCUT2D eigenvalue weighted by atomic mass is 10.1. The van der Waals surface area contributed by atoms with Gasteiger partial charge in [0.05, 0.1) is 5.52 Å². The summed E-state index contributed by atoms with van der Waals surface area (Å²) in [5.41, 5.74) is 3.01. The first kappa shape index (κ1) is 16.8. The van der Waals surface area contributed by atoms with Gasteiger partial charge in [0.2, 0.25) is 5.91 Å². The summed E-state index contributed by atoms with van der Waals surface area (Å²) in [5.74, 6) is 1.27. The van der Waals surface area contributed by atoms with Crippen LogP contribution in [0.1, 0.15) is 12.5 Å². The molecule has 3 rings (SSSR count). The van der Waals surface area contributed by atoms with Gasteiger partial charge in [-0.05, 0) is 42.0 Å². The maximum absolute atomic E-state index is 11.1. The number of amides is 1. The zero-order valence-electron chi connectivity index (χ0n) is 14.6. The van der Waals surface area contributed by atoms with Crippen LogP contribution in [0.5, 0.6) is 5.75 Å². The highest BCUT2D eigenvalue weighted by molar-refractivity contribution is 5.89. The number of fused-ring (bicyclic) bond motifs is 1. The molecule has 25 heavy (non-hydrogen) atoms. The highest BCUT2D eigenvalue weighted by atomic mass is 16.5. The van der Waals surface area contributed by atoms with Gasteiger partial charge in [-0.25, -0.2) is 4.98 Å². The molecule has 5 nitrogen and oxygen atoms in total. The van der Waals surface area contributed by atoms with Crippen LogP contribution in [0.2, 0.25) is 0 Å². The number of anilines is 2. The summed E-state index contributed by atoms with van der Waals surface area (Å²) in [6.45, 7) is 1.96. The van der Waals surface area contributed by atoms with E-state index >= 15 is 0 Å². The van der Waals surface area contributed by atoms with Crippen molar-refractivity contribution in [1.29, 1.82) is 0 Å². The van der Waals surface area contributed by atoms with Crippen LogP contribution in [-0.2, 0) is 11.4 Å². The number of aromatic nitrogens is 1. The lowest BCUT2D eigenvalue weighted by Crippen LogP contribution is -2.08. The second kappa shape index (κ2) is 7.21. The Hall–Kier alpha value is -3.08. The predicted octanol–water partition coefficient (Wildman–Crippen LogP) is 3.84. The van der Waals surface area contributed by atoms with E-state index < -0.39 is 0 Å². The zero-order chi connectivity index (χ0) is 17.8. The number of carbonyl (C=O) groups is 1. The van der Waals surface area contributed by atoms with Crippen LogP contribution in [-0.4, -0.2) is 25.0 Å². The van der Waals surface area contributed by atoms with E-state index in [1.807, 2.05) is 61.5 Å². The fourth-order valence-corrected chi connectivity index (χ4v) is 2.53. The van der Waals surface area contributed by atoms with Crippen molar-refractivity contribution in [3.05, 3.63) is 60.2 Å². The molecule has 0 saturated carbocycles. The Balaban J connectivity index is 1.74. The van der Waals surface area contributed by atoms with Gasteiger partial charge in [-0.1, -0.05) is 12.1 Å². The number of hydrogen-bond acceptors (Lipinski definition) is 4. The molecule has 0 bridgehead atoms. The molecule has 0 unspecified atom stereocenters. The molecule has 0 fully saturated rings.